The molecule has 5 nitrogen and oxygen atoms in total. The second kappa shape index (κ2) is 9.67. The van der Waals surface area contributed by atoms with Gasteiger partial charge in [0.2, 0.25) is 0 Å². The molecular weight excluding hydrogens is 441 g/mol. The molecule has 0 bridgehead atoms. The molecule has 1 fully saturated rings. The van der Waals surface area contributed by atoms with Crippen molar-refractivity contribution < 1.29 is 18.0 Å². The Morgan fingerprint density at radius 1 is 1.03 bits per heavy atom. The molecule has 0 radical (unpaired) electrons. The van der Waals surface area contributed by atoms with Crippen LogP contribution < -0.4 is 5.32 Å². The highest BCUT2D eigenvalue weighted by molar-refractivity contribution is 6.30. The molecule has 0 spiro atoms. The minimum atomic E-state index is -0.901. The summed E-state index contributed by atoms with van der Waals surface area (Å²) < 4.78 is 41.8. The highest BCUT2D eigenvalue weighted by Gasteiger charge is 2.30. The normalized spacial score (nSPS) is 16.0. The number of carbonyl (C=O) groups excluding carboxylic acids is 1. The number of carbonyl (C=O) groups is 1. The molecule has 9 heteroatoms. The minimum absolute atomic E-state index is 0.189. The fourth-order valence-electron chi connectivity index (χ4n) is 4.00. The van der Waals surface area contributed by atoms with Crippen molar-refractivity contribution in [3.8, 4) is 0 Å². The Morgan fingerprint density at radius 3 is 2.41 bits per heavy atom. The monoisotopic (exact) mass is 460 g/mol. The molecule has 2 heterocycles. The minimum Gasteiger partial charge on any atom is -0.349 e. The SMILES string of the molecule is O=C(NC1CCN(C(c2cncnc2)c2ccc(Cl)cc2F)CC1)c1ccc(F)cc1F. The number of benzene rings is 2. The van der Waals surface area contributed by atoms with Gasteiger partial charge in [-0.15, -0.1) is 0 Å². The molecule has 3 aromatic rings. The summed E-state index contributed by atoms with van der Waals surface area (Å²) in [5.41, 5.74) is 1.00. The number of likely N-dealkylation sites (tertiary alicyclic amines) is 1. The van der Waals surface area contributed by atoms with Crippen LogP contribution in [0.15, 0.2) is 55.1 Å². The van der Waals surface area contributed by atoms with E-state index in [9.17, 15) is 18.0 Å². The van der Waals surface area contributed by atoms with E-state index in [4.69, 9.17) is 11.6 Å². The molecule has 32 heavy (non-hydrogen) atoms. The molecule has 1 atom stereocenters. The smallest absolute Gasteiger partial charge is 0.254 e. The van der Waals surface area contributed by atoms with Crippen LogP contribution in [0.25, 0.3) is 0 Å². The Balaban J connectivity index is 1.48. The van der Waals surface area contributed by atoms with Crippen molar-refractivity contribution in [2.24, 2.45) is 0 Å². The molecule has 2 aromatic carbocycles. The lowest BCUT2D eigenvalue weighted by atomic mass is 9.95. The number of halogens is 4. The largest absolute Gasteiger partial charge is 0.349 e. The van der Waals surface area contributed by atoms with Gasteiger partial charge in [-0.05, 0) is 37.1 Å². The summed E-state index contributed by atoms with van der Waals surface area (Å²) in [4.78, 5) is 22.6. The van der Waals surface area contributed by atoms with Gasteiger partial charge < -0.3 is 5.32 Å². The van der Waals surface area contributed by atoms with Gasteiger partial charge in [0, 0.05) is 53.7 Å². The number of rotatable bonds is 5. The third kappa shape index (κ3) is 4.92. The van der Waals surface area contributed by atoms with Crippen molar-refractivity contribution in [1.82, 2.24) is 20.2 Å². The Bertz CT molecular complexity index is 1110. The lowest BCUT2D eigenvalue weighted by Gasteiger charge is -2.38. The van der Waals surface area contributed by atoms with Gasteiger partial charge in [0.25, 0.3) is 5.91 Å². The van der Waals surface area contributed by atoms with Gasteiger partial charge in [0.1, 0.15) is 23.8 Å². The van der Waals surface area contributed by atoms with Crippen molar-refractivity contribution in [2.45, 2.75) is 24.9 Å². The van der Waals surface area contributed by atoms with E-state index < -0.39 is 29.4 Å². The van der Waals surface area contributed by atoms with Crippen molar-refractivity contribution in [3.05, 3.63) is 94.3 Å². The van der Waals surface area contributed by atoms with Gasteiger partial charge in [-0.3, -0.25) is 9.69 Å². The zero-order valence-corrected chi connectivity index (χ0v) is 17.7. The number of piperidine rings is 1. The number of nitrogens with zero attached hydrogens (tertiary/aromatic N) is 3. The van der Waals surface area contributed by atoms with E-state index in [-0.39, 0.29) is 11.6 Å². The number of hydrogen-bond acceptors (Lipinski definition) is 4. The van der Waals surface area contributed by atoms with E-state index in [1.807, 2.05) is 0 Å². The van der Waals surface area contributed by atoms with Crippen molar-refractivity contribution in [1.29, 1.82) is 0 Å². The summed E-state index contributed by atoms with van der Waals surface area (Å²) in [6.45, 7) is 1.11. The maximum absolute atomic E-state index is 14.8. The maximum atomic E-state index is 14.8. The quantitative estimate of drug-likeness (QED) is 0.607. The standard InChI is InChI=1S/C23H20ClF3N4O/c24-15-1-3-18(20(26)9-15)22(14-11-28-13-29-12-14)31-7-5-17(6-8-31)30-23(32)19-4-2-16(25)10-21(19)27/h1-4,9-13,17,22H,5-8H2,(H,30,32). The lowest BCUT2D eigenvalue weighted by Crippen LogP contribution is -2.46. The first-order valence-electron chi connectivity index (χ1n) is 10.1. The van der Waals surface area contributed by atoms with E-state index in [1.54, 1.807) is 24.5 Å². The summed E-state index contributed by atoms with van der Waals surface area (Å²) in [5.74, 6) is -2.65. The van der Waals surface area contributed by atoms with Gasteiger partial charge in [0.15, 0.2) is 0 Å². The average Bonchev–Trinajstić information content (AvgIpc) is 2.77. The predicted octanol–water partition coefficient (Wildman–Crippen LogP) is 4.53. The number of amides is 1. The van der Waals surface area contributed by atoms with Gasteiger partial charge in [-0.1, -0.05) is 17.7 Å². The Kier molecular flexibility index (Phi) is 6.72. The summed E-state index contributed by atoms with van der Waals surface area (Å²) in [6, 6.07) is 6.83. The second-order valence-corrected chi connectivity index (χ2v) is 8.08. The van der Waals surface area contributed by atoms with Crippen LogP contribution in [0.2, 0.25) is 5.02 Å². The van der Waals surface area contributed by atoms with E-state index in [0.29, 0.717) is 42.6 Å². The number of hydrogen-bond donors (Lipinski definition) is 1. The Hall–Kier alpha value is -2.97. The van der Waals surface area contributed by atoms with Crippen molar-refractivity contribution in [2.75, 3.05) is 13.1 Å². The first-order chi connectivity index (χ1) is 15.4. The molecule has 1 N–H and O–H groups in total. The predicted molar refractivity (Wildman–Crippen MR) is 114 cm³/mol. The van der Waals surface area contributed by atoms with Crippen molar-refractivity contribution in [3.63, 3.8) is 0 Å². The zero-order valence-electron chi connectivity index (χ0n) is 16.9. The topological polar surface area (TPSA) is 58.1 Å². The van der Waals surface area contributed by atoms with Crippen LogP contribution in [0, 0.1) is 17.5 Å². The molecule has 4 rings (SSSR count). The third-order valence-corrected chi connectivity index (χ3v) is 5.79. The van der Waals surface area contributed by atoms with Crippen LogP contribution in [0.5, 0.6) is 0 Å². The van der Waals surface area contributed by atoms with Gasteiger partial charge >= 0.3 is 0 Å². The highest BCUT2D eigenvalue weighted by atomic mass is 35.5. The first kappa shape index (κ1) is 22.2. The van der Waals surface area contributed by atoms with Gasteiger partial charge in [-0.2, -0.15) is 0 Å². The molecule has 0 saturated carbocycles. The first-order valence-corrected chi connectivity index (χ1v) is 10.5. The van der Waals surface area contributed by atoms with Gasteiger partial charge in [0.05, 0.1) is 11.6 Å². The summed E-state index contributed by atoms with van der Waals surface area (Å²) in [7, 11) is 0. The molecule has 1 unspecified atom stereocenters. The van der Waals surface area contributed by atoms with Crippen LogP contribution in [-0.4, -0.2) is 39.9 Å². The lowest BCUT2D eigenvalue weighted by molar-refractivity contribution is 0.0895. The van der Waals surface area contributed by atoms with Crippen LogP contribution in [0.4, 0.5) is 13.2 Å². The molecule has 1 aromatic heterocycles. The fraction of sp³-hybridized carbons (Fsp3) is 0.261. The third-order valence-electron chi connectivity index (χ3n) is 5.56. The van der Waals surface area contributed by atoms with E-state index in [2.05, 4.69) is 20.2 Å². The van der Waals surface area contributed by atoms with E-state index in [1.165, 1.54) is 12.4 Å². The fourth-order valence-corrected chi connectivity index (χ4v) is 4.16. The number of aromatic nitrogens is 2. The van der Waals surface area contributed by atoms with Crippen LogP contribution in [0.3, 0.4) is 0 Å². The Morgan fingerprint density at radius 2 is 1.75 bits per heavy atom. The average molecular weight is 461 g/mol. The molecule has 1 aliphatic rings. The summed E-state index contributed by atoms with van der Waals surface area (Å²) in [6.07, 6.45) is 5.87. The molecule has 166 valence electrons. The molecule has 1 saturated heterocycles. The van der Waals surface area contributed by atoms with Crippen LogP contribution in [0.1, 0.15) is 40.4 Å². The maximum Gasteiger partial charge on any atom is 0.254 e. The highest BCUT2D eigenvalue weighted by Crippen LogP contribution is 2.33. The molecule has 0 aliphatic carbocycles. The second-order valence-electron chi connectivity index (χ2n) is 7.65. The Labute approximate surface area is 188 Å². The summed E-state index contributed by atoms with van der Waals surface area (Å²) in [5, 5.41) is 3.12. The van der Waals surface area contributed by atoms with E-state index >= 15 is 0 Å². The zero-order chi connectivity index (χ0) is 22.7. The van der Waals surface area contributed by atoms with Crippen molar-refractivity contribution >= 4 is 17.5 Å². The van der Waals surface area contributed by atoms with Crippen LogP contribution >= 0.6 is 11.6 Å². The summed E-state index contributed by atoms with van der Waals surface area (Å²) >= 11 is 5.93. The number of nitrogens with one attached hydrogen (secondary N) is 1. The molecular formula is C23H20ClF3N4O. The molecule has 1 amide bonds. The molecule has 1 aliphatic heterocycles. The van der Waals surface area contributed by atoms with Crippen LogP contribution in [-0.2, 0) is 0 Å². The van der Waals surface area contributed by atoms with Gasteiger partial charge in [-0.25, -0.2) is 23.1 Å². The van der Waals surface area contributed by atoms with E-state index in [0.717, 1.165) is 17.7 Å².